The lowest BCUT2D eigenvalue weighted by molar-refractivity contribution is -0.141. The molecule has 0 saturated carbocycles. The van der Waals surface area contributed by atoms with E-state index in [2.05, 4.69) is 15.5 Å². The van der Waals surface area contributed by atoms with Gasteiger partial charge in [0.25, 0.3) is 0 Å². The monoisotopic (exact) mass is 154 g/mol. The highest BCUT2D eigenvalue weighted by atomic mass is 16.4. The van der Waals surface area contributed by atoms with Gasteiger partial charge >= 0.3 is 5.97 Å². The van der Waals surface area contributed by atoms with Gasteiger partial charge in [-0.15, -0.1) is 5.10 Å². The summed E-state index contributed by atoms with van der Waals surface area (Å²) in [5.41, 5.74) is 0. The average molecular weight is 154 g/mol. The van der Waals surface area contributed by atoms with Crippen LogP contribution in [0.1, 0.15) is 18.3 Å². The molecular formula is C5H6N4O2. The lowest BCUT2D eigenvalue weighted by Crippen LogP contribution is -2.16. The molecule has 1 unspecified atom stereocenters. The van der Waals surface area contributed by atoms with Gasteiger partial charge in [0.2, 0.25) is 0 Å². The molecule has 6 nitrogen and oxygen atoms in total. The van der Waals surface area contributed by atoms with Crippen LogP contribution in [-0.4, -0.2) is 31.3 Å². The molecular weight excluding hydrogens is 148 g/mol. The van der Waals surface area contributed by atoms with Gasteiger partial charge < -0.3 is 5.11 Å². The fourth-order valence-corrected chi connectivity index (χ4v) is 1.24. The maximum atomic E-state index is 10.5. The number of carboxylic acid groups (broad SMARTS) is 1. The van der Waals surface area contributed by atoms with Gasteiger partial charge in [-0.1, -0.05) is 0 Å². The minimum absolute atomic E-state index is 0.556. The number of fused-ring (bicyclic) bond motifs is 1. The second-order valence-electron chi connectivity index (χ2n) is 2.43. The first-order valence-corrected chi connectivity index (χ1v) is 3.28. The van der Waals surface area contributed by atoms with Crippen LogP contribution >= 0.6 is 0 Å². The van der Waals surface area contributed by atoms with E-state index in [0.717, 1.165) is 0 Å². The van der Waals surface area contributed by atoms with Gasteiger partial charge in [0.05, 0.1) is 0 Å². The number of carboxylic acids is 1. The van der Waals surface area contributed by atoms with Crippen molar-refractivity contribution in [3.05, 3.63) is 5.82 Å². The van der Waals surface area contributed by atoms with Crippen LogP contribution in [0.15, 0.2) is 0 Å². The smallest absolute Gasteiger partial charge is 0.328 e. The molecule has 1 aromatic heterocycles. The number of aryl methyl sites for hydroxylation is 1. The Morgan fingerprint density at radius 2 is 2.55 bits per heavy atom. The number of hydrogen-bond donors (Lipinski definition) is 1. The van der Waals surface area contributed by atoms with Crippen LogP contribution in [0.25, 0.3) is 0 Å². The number of aliphatic carboxylic acids is 1. The normalized spacial score (nSPS) is 21.6. The summed E-state index contributed by atoms with van der Waals surface area (Å²) in [5, 5.41) is 19.3. The highest BCUT2D eigenvalue weighted by Crippen LogP contribution is 2.21. The van der Waals surface area contributed by atoms with Gasteiger partial charge in [0.1, 0.15) is 0 Å². The Balaban J connectivity index is 2.38. The summed E-state index contributed by atoms with van der Waals surface area (Å²) in [6, 6.07) is -0.556. The molecule has 0 radical (unpaired) electrons. The number of hydrogen-bond acceptors (Lipinski definition) is 4. The van der Waals surface area contributed by atoms with Crippen molar-refractivity contribution in [1.29, 1.82) is 0 Å². The van der Waals surface area contributed by atoms with Crippen LogP contribution in [0.3, 0.4) is 0 Å². The molecule has 11 heavy (non-hydrogen) atoms. The van der Waals surface area contributed by atoms with Gasteiger partial charge in [-0.2, -0.15) is 0 Å². The second-order valence-corrected chi connectivity index (χ2v) is 2.43. The fourth-order valence-electron chi connectivity index (χ4n) is 1.24. The Bertz CT molecular complexity index is 294. The second kappa shape index (κ2) is 2.01. The van der Waals surface area contributed by atoms with E-state index in [0.29, 0.717) is 18.7 Å². The number of rotatable bonds is 1. The summed E-state index contributed by atoms with van der Waals surface area (Å²) < 4.78 is 1.36. The third-order valence-corrected chi connectivity index (χ3v) is 1.78. The quantitative estimate of drug-likeness (QED) is 0.575. The lowest BCUT2D eigenvalue weighted by atomic mass is 10.2. The molecule has 0 spiro atoms. The van der Waals surface area contributed by atoms with E-state index in [1.165, 1.54) is 4.68 Å². The third kappa shape index (κ3) is 0.787. The van der Waals surface area contributed by atoms with E-state index in [9.17, 15) is 4.79 Å². The first kappa shape index (κ1) is 6.26. The first-order chi connectivity index (χ1) is 5.29. The summed E-state index contributed by atoms with van der Waals surface area (Å²) in [7, 11) is 0. The highest BCUT2D eigenvalue weighted by molar-refractivity contribution is 5.72. The lowest BCUT2D eigenvalue weighted by Gasteiger charge is -2.01. The molecule has 0 fully saturated rings. The molecule has 0 amide bonds. The minimum Gasteiger partial charge on any atom is -0.480 e. The topological polar surface area (TPSA) is 80.9 Å². The zero-order chi connectivity index (χ0) is 7.84. The molecule has 0 aromatic carbocycles. The predicted molar refractivity (Wildman–Crippen MR) is 32.8 cm³/mol. The van der Waals surface area contributed by atoms with E-state index in [4.69, 9.17) is 5.11 Å². The Kier molecular flexibility index (Phi) is 1.14. The molecule has 6 heteroatoms. The minimum atomic E-state index is -0.865. The van der Waals surface area contributed by atoms with Crippen molar-refractivity contribution in [2.45, 2.75) is 18.9 Å². The van der Waals surface area contributed by atoms with Crippen LogP contribution in [0.2, 0.25) is 0 Å². The standard InChI is InChI=1S/C5H6N4O2/c10-5(11)3-1-2-4-6-7-8-9(3)4/h3H,1-2H2,(H,10,11). The van der Waals surface area contributed by atoms with Crippen molar-refractivity contribution >= 4 is 5.97 Å². The molecule has 1 aromatic rings. The maximum absolute atomic E-state index is 10.5. The van der Waals surface area contributed by atoms with Crippen LogP contribution in [0, 0.1) is 0 Å². The maximum Gasteiger partial charge on any atom is 0.328 e. The molecule has 1 atom stereocenters. The SMILES string of the molecule is O=C(O)C1CCc2nnnn21. The van der Waals surface area contributed by atoms with Crippen molar-refractivity contribution in [2.75, 3.05) is 0 Å². The van der Waals surface area contributed by atoms with Crippen LogP contribution < -0.4 is 0 Å². The van der Waals surface area contributed by atoms with Crippen molar-refractivity contribution in [3.8, 4) is 0 Å². The molecule has 0 saturated heterocycles. The number of aromatic nitrogens is 4. The van der Waals surface area contributed by atoms with E-state index in [-0.39, 0.29) is 0 Å². The summed E-state index contributed by atoms with van der Waals surface area (Å²) >= 11 is 0. The number of carbonyl (C=O) groups is 1. The van der Waals surface area contributed by atoms with Gasteiger partial charge in [-0.25, -0.2) is 9.48 Å². The Labute approximate surface area is 61.8 Å². The Morgan fingerprint density at radius 3 is 3.27 bits per heavy atom. The van der Waals surface area contributed by atoms with Crippen molar-refractivity contribution < 1.29 is 9.90 Å². The number of tetrazole rings is 1. The Hall–Kier alpha value is -1.46. The van der Waals surface area contributed by atoms with Crippen molar-refractivity contribution in [1.82, 2.24) is 20.2 Å². The van der Waals surface area contributed by atoms with Gasteiger partial charge in [-0.05, 0) is 16.8 Å². The molecule has 1 aliphatic heterocycles. The molecule has 1 N–H and O–H groups in total. The molecule has 0 bridgehead atoms. The van der Waals surface area contributed by atoms with E-state index in [1.54, 1.807) is 0 Å². The largest absolute Gasteiger partial charge is 0.480 e. The van der Waals surface area contributed by atoms with Gasteiger partial charge in [0, 0.05) is 6.42 Å². The molecule has 1 aliphatic rings. The predicted octanol–water partition coefficient (Wildman–Crippen LogP) is -0.755. The fraction of sp³-hybridized carbons (Fsp3) is 0.600. The van der Waals surface area contributed by atoms with Crippen LogP contribution in [-0.2, 0) is 11.2 Å². The summed E-state index contributed by atoms with van der Waals surface area (Å²) in [6.07, 6.45) is 1.23. The van der Waals surface area contributed by atoms with Crippen LogP contribution in [0.4, 0.5) is 0 Å². The van der Waals surface area contributed by atoms with E-state index < -0.39 is 12.0 Å². The first-order valence-electron chi connectivity index (χ1n) is 3.28. The highest BCUT2D eigenvalue weighted by Gasteiger charge is 2.30. The van der Waals surface area contributed by atoms with Gasteiger partial charge in [0.15, 0.2) is 11.9 Å². The molecule has 2 rings (SSSR count). The van der Waals surface area contributed by atoms with Crippen LogP contribution in [0.5, 0.6) is 0 Å². The van der Waals surface area contributed by atoms with E-state index >= 15 is 0 Å². The Morgan fingerprint density at radius 1 is 1.73 bits per heavy atom. The average Bonchev–Trinajstić information content (AvgIpc) is 2.41. The summed E-state index contributed by atoms with van der Waals surface area (Å²) in [4.78, 5) is 10.5. The zero-order valence-corrected chi connectivity index (χ0v) is 5.64. The summed E-state index contributed by atoms with van der Waals surface area (Å²) in [6.45, 7) is 0. The van der Waals surface area contributed by atoms with E-state index in [1.807, 2.05) is 0 Å². The van der Waals surface area contributed by atoms with Crippen molar-refractivity contribution in [3.63, 3.8) is 0 Å². The zero-order valence-electron chi connectivity index (χ0n) is 5.64. The van der Waals surface area contributed by atoms with Crippen molar-refractivity contribution in [2.24, 2.45) is 0 Å². The number of nitrogens with zero attached hydrogens (tertiary/aromatic N) is 4. The molecule has 2 heterocycles. The molecule has 0 aliphatic carbocycles. The summed E-state index contributed by atoms with van der Waals surface area (Å²) in [5.74, 6) is -0.201. The third-order valence-electron chi connectivity index (χ3n) is 1.78. The van der Waals surface area contributed by atoms with Gasteiger partial charge in [-0.3, -0.25) is 0 Å². The molecule has 58 valence electrons.